The maximum atomic E-state index is 13.6. The number of carbonyl (C=O) groups is 2. The molecular formula is C28H32F3NO4S. The van der Waals surface area contributed by atoms with Gasteiger partial charge in [-0.3, -0.25) is 9.59 Å². The molecule has 0 bridgehead atoms. The Bertz CT molecular complexity index is 1180. The number of pyridine rings is 1. The molecule has 3 saturated carbocycles. The van der Waals surface area contributed by atoms with Crippen LogP contribution in [0.1, 0.15) is 52.0 Å². The van der Waals surface area contributed by atoms with Crippen molar-refractivity contribution in [3.63, 3.8) is 0 Å². The van der Waals surface area contributed by atoms with Gasteiger partial charge in [0.15, 0.2) is 11.6 Å². The average Bonchev–Trinajstić information content (AvgIpc) is 3.03. The van der Waals surface area contributed by atoms with E-state index in [4.69, 9.17) is 0 Å². The maximum Gasteiger partial charge on any atom is 0.417 e. The number of alkyl halides is 3. The van der Waals surface area contributed by atoms with Gasteiger partial charge in [-0.15, -0.1) is 0 Å². The van der Waals surface area contributed by atoms with Crippen LogP contribution in [0.25, 0.3) is 0 Å². The van der Waals surface area contributed by atoms with Gasteiger partial charge >= 0.3 is 6.18 Å². The summed E-state index contributed by atoms with van der Waals surface area (Å²) < 4.78 is 38.5. The highest BCUT2D eigenvalue weighted by Crippen LogP contribution is 2.68. The van der Waals surface area contributed by atoms with E-state index in [1.807, 2.05) is 19.9 Å². The number of thioether (sulfide) groups is 1. The highest BCUT2D eigenvalue weighted by molar-refractivity contribution is 7.99. The van der Waals surface area contributed by atoms with Crippen LogP contribution in [-0.4, -0.2) is 44.2 Å². The van der Waals surface area contributed by atoms with E-state index in [2.05, 4.69) is 11.9 Å². The fraction of sp³-hybridized carbons (Fsp3) is 0.607. The van der Waals surface area contributed by atoms with Crippen LogP contribution in [0.15, 0.2) is 47.2 Å². The van der Waals surface area contributed by atoms with Gasteiger partial charge in [0.2, 0.25) is 0 Å². The summed E-state index contributed by atoms with van der Waals surface area (Å²) in [4.78, 5) is 29.5. The monoisotopic (exact) mass is 535 g/mol. The summed E-state index contributed by atoms with van der Waals surface area (Å²) in [5.74, 6) is -0.878. The molecule has 0 amide bonds. The van der Waals surface area contributed by atoms with Crippen LogP contribution in [0.3, 0.4) is 0 Å². The number of nitrogens with zero attached hydrogens (tertiary/aromatic N) is 1. The Morgan fingerprint density at radius 3 is 2.65 bits per heavy atom. The quantitative estimate of drug-likeness (QED) is 0.527. The molecule has 2 N–H and O–H groups in total. The van der Waals surface area contributed by atoms with Crippen LogP contribution >= 0.6 is 11.8 Å². The van der Waals surface area contributed by atoms with E-state index in [-0.39, 0.29) is 52.4 Å². The Labute approximate surface area is 218 Å². The van der Waals surface area contributed by atoms with Gasteiger partial charge in [0.25, 0.3) is 0 Å². The van der Waals surface area contributed by atoms with Crippen LogP contribution in [0.5, 0.6) is 0 Å². The third-order valence-corrected chi connectivity index (χ3v) is 10.9. The number of aliphatic hydroxyl groups is 2. The number of allylic oxidation sites excluding steroid dienone is 4. The Balaban J connectivity index is 1.38. The van der Waals surface area contributed by atoms with E-state index >= 15 is 0 Å². The summed E-state index contributed by atoms with van der Waals surface area (Å²) in [6.45, 7) is 5.86. The number of rotatable bonds is 4. The SMILES string of the molecule is C[C@@H]1CC2C3CCC4=CC(=O)C=CC4(C)C3C(O)CC2(C)[C@@]1(O)C(=O)CSc1ccc(C(F)(F)F)cn1. The number of halogens is 3. The number of ketones is 2. The zero-order valence-electron chi connectivity index (χ0n) is 21.1. The lowest BCUT2D eigenvalue weighted by Gasteiger charge is -2.59. The van der Waals surface area contributed by atoms with Crippen molar-refractivity contribution in [1.82, 2.24) is 4.98 Å². The third kappa shape index (κ3) is 3.95. The Morgan fingerprint density at radius 1 is 1.27 bits per heavy atom. The van der Waals surface area contributed by atoms with E-state index in [1.165, 1.54) is 6.07 Å². The van der Waals surface area contributed by atoms with Crippen molar-refractivity contribution in [2.75, 3.05) is 5.75 Å². The molecule has 200 valence electrons. The lowest BCUT2D eigenvalue weighted by molar-refractivity contribution is -0.179. The molecule has 9 heteroatoms. The Kier molecular flexibility index (Phi) is 6.32. The molecule has 1 aromatic heterocycles. The third-order valence-electron chi connectivity index (χ3n) is 9.92. The van der Waals surface area contributed by atoms with Gasteiger partial charge in [0.1, 0.15) is 5.60 Å². The predicted molar refractivity (Wildman–Crippen MR) is 132 cm³/mol. The molecule has 0 spiro atoms. The molecule has 0 radical (unpaired) electrons. The van der Waals surface area contributed by atoms with Gasteiger partial charge in [0, 0.05) is 22.9 Å². The largest absolute Gasteiger partial charge is 0.417 e. The van der Waals surface area contributed by atoms with Crippen molar-refractivity contribution in [2.24, 2.45) is 34.5 Å². The highest BCUT2D eigenvalue weighted by Gasteiger charge is 2.70. The normalized spacial score (nSPS) is 41.0. The first-order valence-corrected chi connectivity index (χ1v) is 13.7. The molecule has 6 unspecified atom stereocenters. The van der Waals surface area contributed by atoms with E-state index in [0.717, 1.165) is 42.4 Å². The molecule has 0 saturated heterocycles. The first-order chi connectivity index (χ1) is 17.2. The second kappa shape index (κ2) is 8.78. The molecular weight excluding hydrogens is 503 g/mol. The summed E-state index contributed by atoms with van der Waals surface area (Å²) in [7, 11) is 0. The smallest absolute Gasteiger partial charge is 0.393 e. The van der Waals surface area contributed by atoms with Gasteiger partial charge in [-0.05, 0) is 67.7 Å². The van der Waals surface area contributed by atoms with Gasteiger partial charge < -0.3 is 10.2 Å². The highest BCUT2D eigenvalue weighted by atomic mass is 32.2. The zero-order valence-corrected chi connectivity index (χ0v) is 21.9. The average molecular weight is 536 g/mol. The van der Waals surface area contributed by atoms with Crippen LogP contribution in [0, 0.1) is 34.5 Å². The van der Waals surface area contributed by atoms with Crippen molar-refractivity contribution in [2.45, 2.75) is 69.4 Å². The fourth-order valence-electron chi connectivity index (χ4n) is 8.14. The second-order valence-corrected chi connectivity index (χ2v) is 12.7. The minimum atomic E-state index is -4.49. The number of hydrogen-bond acceptors (Lipinski definition) is 6. The van der Waals surface area contributed by atoms with E-state index in [0.29, 0.717) is 6.42 Å². The van der Waals surface area contributed by atoms with Crippen molar-refractivity contribution in [1.29, 1.82) is 0 Å². The first kappa shape index (κ1) is 26.6. The maximum absolute atomic E-state index is 13.6. The molecule has 5 nitrogen and oxygen atoms in total. The molecule has 4 aliphatic rings. The number of fused-ring (bicyclic) bond motifs is 5. The molecule has 1 heterocycles. The fourth-order valence-corrected chi connectivity index (χ4v) is 8.93. The molecule has 1 aromatic rings. The lowest BCUT2D eigenvalue weighted by Crippen LogP contribution is -2.62. The zero-order chi connectivity index (χ0) is 27.0. The molecule has 8 atom stereocenters. The lowest BCUT2D eigenvalue weighted by atomic mass is 9.46. The number of carbonyl (C=O) groups excluding carboxylic acids is 2. The molecule has 0 aromatic carbocycles. The van der Waals surface area contributed by atoms with Crippen molar-refractivity contribution < 1.29 is 33.0 Å². The van der Waals surface area contributed by atoms with Crippen LogP contribution < -0.4 is 0 Å². The van der Waals surface area contributed by atoms with Crippen molar-refractivity contribution in [3.05, 3.63) is 47.7 Å². The van der Waals surface area contributed by atoms with E-state index in [9.17, 15) is 33.0 Å². The predicted octanol–water partition coefficient (Wildman–Crippen LogP) is 5.02. The van der Waals surface area contributed by atoms with Gasteiger partial charge in [-0.1, -0.05) is 44.2 Å². The van der Waals surface area contributed by atoms with Crippen LogP contribution in [-0.2, 0) is 15.8 Å². The van der Waals surface area contributed by atoms with Crippen LogP contribution in [0.2, 0.25) is 0 Å². The summed E-state index contributed by atoms with van der Waals surface area (Å²) in [6, 6.07) is 2.17. The molecule has 5 rings (SSSR count). The van der Waals surface area contributed by atoms with Gasteiger partial charge in [0.05, 0.1) is 22.4 Å². The summed E-state index contributed by atoms with van der Waals surface area (Å²) in [5, 5.41) is 23.8. The molecule has 0 aliphatic heterocycles. The Morgan fingerprint density at radius 2 is 2.00 bits per heavy atom. The number of hydrogen-bond donors (Lipinski definition) is 2. The van der Waals surface area contributed by atoms with Gasteiger partial charge in [-0.2, -0.15) is 13.2 Å². The van der Waals surface area contributed by atoms with Gasteiger partial charge in [-0.25, -0.2) is 4.98 Å². The van der Waals surface area contributed by atoms with Crippen LogP contribution in [0.4, 0.5) is 13.2 Å². The summed E-state index contributed by atoms with van der Waals surface area (Å²) >= 11 is 1.01. The standard InChI is InChI=1S/C28H32F3NO4S/c1-15-10-20-19-6-4-16-11-18(33)8-9-25(16,2)24(19)21(34)12-26(20,3)27(15,36)22(35)14-37-23-7-5-17(13-32-23)28(29,30)31/h5,7-9,11,13,15,19-21,24,34,36H,4,6,10,12,14H2,1-3H3/t15-,19?,20?,21?,24?,25?,26?,27+/m1/s1. The summed E-state index contributed by atoms with van der Waals surface area (Å²) in [5.41, 5.74) is -2.76. The topological polar surface area (TPSA) is 87.5 Å². The van der Waals surface area contributed by atoms with E-state index < -0.39 is 34.3 Å². The molecule has 4 aliphatic carbocycles. The van der Waals surface area contributed by atoms with Crippen molar-refractivity contribution >= 4 is 23.3 Å². The first-order valence-electron chi connectivity index (χ1n) is 12.8. The van der Waals surface area contributed by atoms with Crippen molar-refractivity contribution in [3.8, 4) is 0 Å². The number of Topliss-reactive ketones (excluding diaryl/α,β-unsaturated/α-hetero) is 1. The second-order valence-electron chi connectivity index (χ2n) is 11.7. The minimum absolute atomic E-state index is 0.0171. The summed E-state index contributed by atoms with van der Waals surface area (Å²) in [6.07, 6.45) is 3.13. The number of aromatic nitrogens is 1. The molecule has 37 heavy (non-hydrogen) atoms. The number of aliphatic hydroxyl groups excluding tert-OH is 1. The molecule has 3 fully saturated rings. The minimum Gasteiger partial charge on any atom is -0.393 e. The Hall–Kier alpha value is -1.97. The van der Waals surface area contributed by atoms with E-state index in [1.54, 1.807) is 12.2 Å².